The molecule has 0 saturated carbocycles. The van der Waals surface area contributed by atoms with E-state index in [9.17, 15) is 13.2 Å². The van der Waals surface area contributed by atoms with E-state index >= 15 is 0 Å². The summed E-state index contributed by atoms with van der Waals surface area (Å²) in [6.07, 6.45) is -2.91. The van der Waals surface area contributed by atoms with Crippen LogP contribution in [0.15, 0.2) is 6.20 Å². The Bertz CT molecular complexity index is 303. The SMILES string of the molecule is CCn1ncc(CCN)c1C(F)(F)F. The molecule has 2 N–H and O–H groups in total. The lowest BCUT2D eigenvalue weighted by Gasteiger charge is -2.10. The number of alkyl halides is 3. The zero-order valence-electron chi connectivity index (χ0n) is 7.80. The van der Waals surface area contributed by atoms with Crippen molar-refractivity contribution < 1.29 is 13.2 Å². The van der Waals surface area contributed by atoms with Crippen LogP contribution >= 0.6 is 0 Å². The minimum absolute atomic E-state index is 0.168. The maximum Gasteiger partial charge on any atom is 0.433 e. The van der Waals surface area contributed by atoms with Crippen LogP contribution in [-0.4, -0.2) is 16.3 Å². The summed E-state index contributed by atoms with van der Waals surface area (Å²) < 4.78 is 38.6. The van der Waals surface area contributed by atoms with Crippen molar-refractivity contribution in [3.8, 4) is 0 Å². The quantitative estimate of drug-likeness (QED) is 0.814. The molecule has 1 heterocycles. The summed E-state index contributed by atoms with van der Waals surface area (Å²) in [5, 5.41) is 3.66. The van der Waals surface area contributed by atoms with Crippen molar-refractivity contribution in [3.63, 3.8) is 0 Å². The van der Waals surface area contributed by atoms with Crippen molar-refractivity contribution in [2.45, 2.75) is 26.1 Å². The van der Waals surface area contributed by atoms with Crippen molar-refractivity contribution in [3.05, 3.63) is 17.5 Å². The fraction of sp³-hybridized carbons (Fsp3) is 0.625. The van der Waals surface area contributed by atoms with E-state index in [1.165, 1.54) is 6.20 Å². The average molecular weight is 207 g/mol. The zero-order valence-corrected chi connectivity index (χ0v) is 7.80. The molecule has 0 aliphatic carbocycles. The van der Waals surface area contributed by atoms with E-state index in [2.05, 4.69) is 5.10 Å². The molecule has 0 aliphatic rings. The van der Waals surface area contributed by atoms with Crippen molar-refractivity contribution >= 4 is 0 Å². The molecule has 1 rings (SSSR count). The molecule has 0 fully saturated rings. The Morgan fingerprint density at radius 1 is 1.50 bits per heavy atom. The molecule has 3 nitrogen and oxygen atoms in total. The first kappa shape index (κ1) is 11.0. The van der Waals surface area contributed by atoms with Crippen LogP contribution in [-0.2, 0) is 19.1 Å². The number of aromatic nitrogens is 2. The lowest BCUT2D eigenvalue weighted by molar-refractivity contribution is -0.144. The monoisotopic (exact) mass is 207 g/mol. The van der Waals surface area contributed by atoms with Gasteiger partial charge in [0.1, 0.15) is 5.69 Å². The molecule has 0 aromatic carbocycles. The van der Waals surface area contributed by atoms with Gasteiger partial charge in [-0.3, -0.25) is 4.68 Å². The molecule has 1 aromatic rings. The summed E-state index contributed by atoms with van der Waals surface area (Å²) in [5.41, 5.74) is 4.71. The molecule has 6 heteroatoms. The highest BCUT2D eigenvalue weighted by atomic mass is 19.4. The van der Waals surface area contributed by atoms with E-state index in [1.807, 2.05) is 0 Å². The van der Waals surface area contributed by atoms with Crippen LogP contribution in [0.4, 0.5) is 13.2 Å². The number of nitrogens with zero attached hydrogens (tertiary/aromatic N) is 2. The second-order valence-electron chi connectivity index (χ2n) is 2.87. The zero-order chi connectivity index (χ0) is 10.8. The Balaban J connectivity index is 3.13. The molecule has 0 atom stereocenters. The molecular formula is C8H12F3N3. The summed E-state index contributed by atoms with van der Waals surface area (Å²) >= 11 is 0. The Morgan fingerprint density at radius 3 is 2.57 bits per heavy atom. The third-order valence-electron chi connectivity index (χ3n) is 1.90. The smallest absolute Gasteiger partial charge is 0.330 e. The van der Waals surface area contributed by atoms with Crippen molar-refractivity contribution in [2.24, 2.45) is 5.73 Å². The molecule has 0 aliphatic heterocycles. The molecule has 0 bridgehead atoms. The maximum atomic E-state index is 12.6. The average Bonchev–Trinajstić information content (AvgIpc) is 2.47. The number of hydrogen-bond donors (Lipinski definition) is 1. The van der Waals surface area contributed by atoms with Gasteiger partial charge >= 0.3 is 6.18 Å². The molecule has 0 amide bonds. The fourth-order valence-electron chi connectivity index (χ4n) is 1.33. The predicted molar refractivity (Wildman–Crippen MR) is 45.7 cm³/mol. The van der Waals surface area contributed by atoms with Gasteiger partial charge in [-0.2, -0.15) is 18.3 Å². The van der Waals surface area contributed by atoms with Gasteiger partial charge in [0.2, 0.25) is 0 Å². The van der Waals surface area contributed by atoms with Gasteiger partial charge in [-0.25, -0.2) is 0 Å². The summed E-state index contributed by atoms with van der Waals surface area (Å²) in [7, 11) is 0. The van der Waals surface area contributed by atoms with Crippen LogP contribution in [0.5, 0.6) is 0 Å². The van der Waals surface area contributed by atoms with E-state index < -0.39 is 11.9 Å². The highest BCUT2D eigenvalue weighted by Crippen LogP contribution is 2.31. The van der Waals surface area contributed by atoms with Gasteiger partial charge in [0.05, 0.1) is 6.20 Å². The first-order valence-corrected chi connectivity index (χ1v) is 4.32. The summed E-state index contributed by atoms with van der Waals surface area (Å²) in [4.78, 5) is 0. The Hall–Kier alpha value is -1.04. The number of aryl methyl sites for hydroxylation is 1. The topological polar surface area (TPSA) is 43.8 Å². The van der Waals surface area contributed by atoms with E-state index in [4.69, 9.17) is 5.73 Å². The van der Waals surface area contributed by atoms with Gasteiger partial charge in [-0.1, -0.05) is 0 Å². The Kier molecular flexibility index (Phi) is 3.15. The highest BCUT2D eigenvalue weighted by Gasteiger charge is 2.37. The largest absolute Gasteiger partial charge is 0.433 e. The number of nitrogens with two attached hydrogens (primary N) is 1. The Labute approximate surface area is 79.7 Å². The standard InChI is InChI=1S/C8H12F3N3/c1-2-14-7(8(9,10)11)6(3-4-12)5-13-14/h5H,2-4,12H2,1H3. The molecule has 1 aromatic heterocycles. The van der Waals surface area contributed by atoms with Crippen LogP contribution in [0.1, 0.15) is 18.2 Å². The lowest BCUT2D eigenvalue weighted by Crippen LogP contribution is -2.17. The number of hydrogen-bond acceptors (Lipinski definition) is 2. The van der Waals surface area contributed by atoms with Crippen LogP contribution in [0.2, 0.25) is 0 Å². The van der Waals surface area contributed by atoms with Gasteiger partial charge in [0, 0.05) is 12.1 Å². The lowest BCUT2D eigenvalue weighted by atomic mass is 10.2. The molecule has 0 radical (unpaired) electrons. The van der Waals surface area contributed by atoms with E-state index in [0.29, 0.717) is 0 Å². The first-order valence-electron chi connectivity index (χ1n) is 4.32. The summed E-state index contributed by atoms with van der Waals surface area (Å²) in [6, 6.07) is 0. The second kappa shape index (κ2) is 4.00. The molecule has 0 unspecified atom stereocenters. The second-order valence-corrected chi connectivity index (χ2v) is 2.87. The maximum absolute atomic E-state index is 12.6. The molecule has 14 heavy (non-hydrogen) atoms. The van der Waals surface area contributed by atoms with Crippen molar-refractivity contribution in [1.82, 2.24) is 9.78 Å². The molecule has 0 saturated heterocycles. The summed E-state index contributed by atoms with van der Waals surface area (Å²) in [5.74, 6) is 0. The third kappa shape index (κ3) is 2.06. The molecule has 0 spiro atoms. The van der Waals surface area contributed by atoms with Crippen LogP contribution in [0, 0.1) is 0 Å². The van der Waals surface area contributed by atoms with Crippen LogP contribution < -0.4 is 5.73 Å². The Morgan fingerprint density at radius 2 is 2.14 bits per heavy atom. The normalized spacial score (nSPS) is 12.1. The van der Waals surface area contributed by atoms with Gasteiger partial charge in [-0.15, -0.1) is 0 Å². The van der Waals surface area contributed by atoms with Crippen LogP contribution in [0.3, 0.4) is 0 Å². The van der Waals surface area contributed by atoms with E-state index in [1.54, 1.807) is 6.92 Å². The van der Waals surface area contributed by atoms with Gasteiger partial charge in [0.25, 0.3) is 0 Å². The number of halogens is 3. The molecular weight excluding hydrogens is 195 g/mol. The fourth-order valence-corrected chi connectivity index (χ4v) is 1.33. The highest BCUT2D eigenvalue weighted by molar-refractivity contribution is 5.21. The predicted octanol–water partition coefficient (Wildman–Crippen LogP) is 1.42. The minimum atomic E-state index is -4.35. The number of rotatable bonds is 3. The van der Waals surface area contributed by atoms with Gasteiger partial charge < -0.3 is 5.73 Å². The third-order valence-corrected chi connectivity index (χ3v) is 1.90. The van der Waals surface area contributed by atoms with Crippen molar-refractivity contribution in [2.75, 3.05) is 6.54 Å². The van der Waals surface area contributed by atoms with Crippen LogP contribution in [0.25, 0.3) is 0 Å². The molecule has 80 valence electrons. The minimum Gasteiger partial charge on any atom is -0.330 e. The van der Waals surface area contributed by atoms with Gasteiger partial charge in [0.15, 0.2) is 0 Å². The van der Waals surface area contributed by atoms with Crippen molar-refractivity contribution in [1.29, 1.82) is 0 Å². The van der Waals surface area contributed by atoms with Gasteiger partial charge in [-0.05, 0) is 19.9 Å². The summed E-state index contributed by atoms with van der Waals surface area (Å²) in [6.45, 7) is 2.02. The van der Waals surface area contributed by atoms with E-state index in [0.717, 1.165) is 4.68 Å². The van der Waals surface area contributed by atoms with E-state index in [-0.39, 0.29) is 25.1 Å². The first-order chi connectivity index (χ1) is 6.50.